The summed E-state index contributed by atoms with van der Waals surface area (Å²) in [4.78, 5) is 4.45. The van der Waals surface area contributed by atoms with Gasteiger partial charge >= 0.3 is 0 Å². The molecule has 2 N–H and O–H groups in total. The first-order chi connectivity index (χ1) is 8.76. The zero-order valence-corrected chi connectivity index (χ0v) is 11.7. The molecular formula is C13H25N3O2. The number of nitrogens with two attached hydrogens (primary N) is 1. The van der Waals surface area contributed by atoms with Crippen LogP contribution in [0, 0.1) is 0 Å². The van der Waals surface area contributed by atoms with Crippen LogP contribution in [0.1, 0.15) is 70.2 Å². The molecule has 0 aliphatic heterocycles. The van der Waals surface area contributed by atoms with Gasteiger partial charge in [0.1, 0.15) is 6.10 Å². The Labute approximate surface area is 109 Å². The van der Waals surface area contributed by atoms with E-state index in [4.69, 9.17) is 15.0 Å². The fourth-order valence-electron chi connectivity index (χ4n) is 1.98. The highest BCUT2D eigenvalue weighted by Crippen LogP contribution is 2.24. The standard InChI is InChI=1S/C13H25N3O2/c1-4-7-10(9-14)13-15-12(16-18-13)11(8-5-2)17-6-3/h10-11H,4-9,14H2,1-3H3. The summed E-state index contributed by atoms with van der Waals surface area (Å²) in [5.74, 6) is 1.47. The molecule has 104 valence electrons. The largest absolute Gasteiger partial charge is 0.370 e. The van der Waals surface area contributed by atoms with Crippen LogP contribution in [0.3, 0.4) is 0 Å². The molecule has 0 aromatic carbocycles. The molecule has 0 radical (unpaired) electrons. The third-order valence-electron chi connectivity index (χ3n) is 2.94. The predicted octanol–water partition coefficient (Wildman–Crippen LogP) is 2.79. The van der Waals surface area contributed by atoms with E-state index in [1.54, 1.807) is 0 Å². The maximum Gasteiger partial charge on any atom is 0.231 e. The van der Waals surface area contributed by atoms with Crippen molar-refractivity contribution in [3.8, 4) is 0 Å². The summed E-state index contributed by atoms with van der Waals surface area (Å²) < 4.78 is 11.0. The van der Waals surface area contributed by atoms with Crippen LogP contribution in [0.2, 0.25) is 0 Å². The average Bonchev–Trinajstić information content (AvgIpc) is 2.85. The summed E-state index contributed by atoms with van der Waals surface area (Å²) in [5, 5.41) is 4.04. The quantitative estimate of drug-likeness (QED) is 0.734. The van der Waals surface area contributed by atoms with E-state index in [2.05, 4.69) is 24.0 Å². The maximum absolute atomic E-state index is 5.73. The Kier molecular flexibility index (Phi) is 6.90. The number of rotatable bonds is 9. The van der Waals surface area contributed by atoms with Gasteiger partial charge in [0, 0.05) is 13.2 Å². The third-order valence-corrected chi connectivity index (χ3v) is 2.94. The van der Waals surface area contributed by atoms with Crippen molar-refractivity contribution in [3.63, 3.8) is 0 Å². The van der Waals surface area contributed by atoms with Gasteiger partial charge in [-0.1, -0.05) is 31.8 Å². The van der Waals surface area contributed by atoms with Gasteiger partial charge in [-0.3, -0.25) is 0 Å². The van der Waals surface area contributed by atoms with E-state index in [-0.39, 0.29) is 12.0 Å². The lowest BCUT2D eigenvalue weighted by atomic mass is 10.0. The third kappa shape index (κ3) is 4.07. The zero-order valence-electron chi connectivity index (χ0n) is 11.7. The Hall–Kier alpha value is -0.940. The SMILES string of the molecule is CCCC(CN)c1nc(C(CCC)OCC)no1. The summed E-state index contributed by atoms with van der Waals surface area (Å²) in [7, 11) is 0. The van der Waals surface area contributed by atoms with Crippen LogP contribution in [0.25, 0.3) is 0 Å². The van der Waals surface area contributed by atoms with Gasteiger partial charge in [-0.15, -0.1) is 0 Å². The molecule has 5 nitrogen and oxygen atoms in total. The fourth-order valence-corrected chi connectivity index (χ4v) is 1.98. The van der Waals surface area contributed by atoms with Crippen LogP contribution in [-0.2, 0) is 4.74 Å². The molecule has 0 bridgehead atoms. The minimum Gasteiger partial charge on any atom is -0.370 e. The molecule has 1 heterocycles. The van der Waals surface area contributed by atoms with Crippen molar-refractivity contribution in [1.82, 2.24) is 10.1 Å². The molecule has 2 atom stereocenters. The molecule has 0 spiro atoms. The summed E-state index contributed by atoms with van der Waals surface area (Å²) in [6.45, 7) is 7.42. The van der Waals surface area contributed by atoms with E-state index in [0.29, 0.717) is 24.9 Å². The van der Waals surface area contributed by atoms with Gasteiger partial charge in [0.25, 0.3) is 0 Å². The van der Waals surface area contributed by atoms with Gasteiger partial charge < -0.3 is 15.0 Å². The van der Waals surface area contributed by atoms with Gasteiger partial charge in [-0.2, -0.15) is 4.98 Å². The van der Waals surface area contributed by atoms with Crippen LogP contribution < -0.4 is 5.73 Å². The molecule has 0 amide bonds. The van der Waals surface area contributed by atoms with Crippen LogP contribution >= 0.6 is 0 Å². The van der Waals surface area contributed by atoms with Crippen molar-refractivity contribution < 1.29 is 9.26 Å². The van der Waals surface area contributed by atoms with Gasteiger partial charge in [-0.05, 0) is 19.8 Å². The minimum absolute atomic E-state index is 0.0578. The van der Waals surface area contributed by atoms with Crippen molar-refractivity contribution in [3.05, 3.63) is 11.7 Å². The summed E-state index contributed by atoms with van der Waals surface area (Å²) in [6, 6.07) is 0. The predicted molar refractivity (Wildman–Crippen MR) is 70.3 cm³/mol. The van der Waals surface area contributed by atoms with Crippen molar-refractivity contribution in [2.45, 2.75) is 58.5 Å². The molecule has 0 fully saturated rings. The first kappa shape index (κ1) is 15.1. The Morgan fingerprint density at radius 1 is 1.22 bits per heavy atom. The first-order valence-electron chi connectivity index (χ1n) is 6.91. The van der Waals surface area contributed by atoms with Gasteiger partial charge in [0.15, 0.2) is 0 Å². The summed E-state index contributed by atoms with van der Waals surface area (Å²) >= 11 is 0. The lowest BCUT2D eigenvalue weighted by Crippen LogP contribution is -2.13. The zero-order chi connectivity index (χ0) is 13.4. The molecule has 5 heteroatoms. The Morgan fingerprint density at radius 2 is 1.94 bits per heavy atom. The van der Waals surface area contributed by atoms with Crippen molar-refractivity contribution in [2.75, 3.05) is 13.2 Å². The van der Waals surface area contributed by atoms with Crippen molar-refractivity contribution in [2.24, 2.45) is 5.73 Å². The number of hydrogen-bond acceptors (Lipinski definition) is 5. The molecule has 2 unspecified atom stereocenters. The van der Waals surface area contributed by atoms with Crippen molar-refractivity contribution >= 4 is 0 Å². The molecule has 0 aliphatic rings. The van der Waals surface area contributed by atoms with E-state index in [1.807, 2.05) is 6.92 Å². The first-order valence-corrected chi connectivity index (χ1v) is 6.91. The van der Waals surface area contributed by atoms with Crippen LogP contribution in [-0.4, -0.2) is 23.3 Å². The van der Waals surface area contributed by atoms with E-state index in [1.165, 1.54) is 0 Å². The lowest BCUT2D eigenvalue weighted by Gasteiger charge is -2.11. The summed E-state index contributed by atoms with van der Waals surface area (Å²) in [6.07, 6.45) is 3.92. The molecular weight excluding hydrogens is 230 g/mol. The molecule has 18 heavy (non-hydrogen) atoms. The highest BCUT2D eigenvalue weighted by atomic mass is 16.5. The van der Waals surface area contributed by atoms with E-state index in [9.17, 15) is 0 Å². The molecule has 1 aromatic heterocycles. The maximum atomic E-state index is 5.73. The smallest absolute Gasteiger partial charge is 0.231 e. The Balaban J connectivity index is 2.75. The molecule has 1 rings (SSSR count). The number of hydrogen-bond donors (Lipinski definition) is 1. The van der Waals surface area contributed by atoms with Crippen molar-refractivity contribution in [1.29, 1.82) is 0 Å². The summed E-state index contributed by atoms with van der Waals surface area (Å²) in [5.41, 5.74) is 5.73. The number of ether oxygens (including phenoxy) is 1. The van der Waals surface area contributed by atoms with Gasteiger partial charge in [-0.25, -0.2) is 0 Å². The monoisotopic (exact) mass is 255 g/mol. The average molecular weight is 255 g/mol. The highest BCUT2D eigenvalue weighted by Gasteiger charge is 2.21. The van der Waals surface area contributed by atoms with Crippen LogP contribution in [0.4, 0.5) is 0 Å². The normalized spacial score (nSPS) is 14.7. The topological polar surface area (TPSA) is 74.2 Å². The van der Waals surface area contributed by atoms with E-state index >= 15 is 0 Å². The second kappa shape index (κ2) is 8.21. The molecule has 1 aromatic rings. The lowest BCUT2D eigenvalue weighted by molar-refractivity contribution is 0.0477. The second-order valence-electron chi connectivity index (χ2n) is 4.44. The Bertz CT molecular complexity index is 322. The van der Waals surface area contributed by atoms with E-state index < -0.39 is 0 Å². The minimum atomic E-state index is -0.0578. The fraction of sp³-hybridized carbons (Fsp3) is 0.846. The van der Waals surface area contributed by atoms with Crippen LogP contribution in [0.15, 0.2) is 4.52 Å². The number of nitrogens with zero attached hydrogens (tertiary/aromatic N) is 2. The highest BCUT2D eigenvalue weighted by molar-refractivity contribution is 4.97. The molecule has 0 saturated heterocycles. The van der Waals surface area contributed by atoms with Gasteiger partial charge in [0.2, 0.25) is 11.7 Å². The van der Waals surface area contributed by atoms with Crippen LogP contribution in [0.5, 0.6) is 0 Å². The Morgan fingerprint density at radius 3 is 2.50 bits per heavy atom. The molecule has 0 saturated carbocycles. The second-order valence-corrected chi connectivity index (χ2v) is 4.44. The van der Waals surface area contributed by atoms with Gasteiger partial charge in [0.05, 0.1) is 5.92 Å². The number of aromatic nitrogens is 2. The molecule has 0 aliphatic carbocycles. The van der Waals surface area contributed by atoms with E-state index in [0.717, 1.165) is 25.7 Å².